The highest BCUT2D eigenvalue weighted by Gasteiger charge is 2.07. The van der Waals surface area contributed by atoms with E-state index in [-0.39, 0.29) is 0 Å². The summed E-state index contributed by atoms with van der Waals surface area (Å²) in [6.45, 7) is 5.73. The molecule has 0 aliphatic carbocycles. The van der Waals surface area contributed by atoms with Crippen molar-refractivity contribution in [3.8, 4) is 11.5 Å². The molecule has 5 heteroatoms. The van der Waals surface area contributed by atoms with E-state index >= 15 is 0 Å². The molecule has 108 valence electrons. The fourth-order valence-electron chi connectivity index (χ4n) is 1.77. The second-order valence-electron chi connectivity index (χ2n) is 4.46. The zero-order chi connectivity index (χ0) is 14.4. The topological polar surface area (TPSA) is 57.4 Å². The summed E-state index contributed by atoms with van der Waals surface area (Å²) in [4.78, 5) is 5.32. The van der Waals surface area contributed by atoms with Crippen molar-refractivity contribution in [2.75, 3.05) is 6.61 Å². The Morgan fingerprint density at radius 3 is 2.80 bits per heavy atom. The normalized spacial score (nSPS) is 10.6. The Labute approximate surface area is 123 Å². The van der Waals surface area contributed by atoms with E-state index in [4.69, 9.17) is 15.2 Å². The van der Waals surface area contributed by atoms with Crippen molar-refractivity contribution < 1.29 is 9.47 Å². The average molecular weight is 292 g/mol. The van der Waals surface area contributed by atoms with Crippen molar-refractivity contribution >= 4 is 11.3 Å². The van der Waals surface area contributed by atoms with Gasteiger partial charge in [0, 0.05) is 24.4 Å². The molecular weight excluding hydrogens is 272 g/mol. The Balaban J connectivity index is 2.07. The van der Waals surface area contributed by atoms with Gasteiger partial charge in [-0.1, -0.05) is 13.0 Å². The fourth-order valence-corrected chi connectivity index (χ4v) is 2.48. The van der Waals surface area contributed by atoms with Gasteiger partial charge in [-0.15, -0.1) is 11.3 Å². The van der Waals surface area contributed by atoms with Crippen LogP contribution in [0.1, 0.15) is 28.8 Å². The third-order valence-electron chi connectivity index (χ3n) is 2.77. The van der Waals surface area contributed by atoms with E-state index < -0.39 is 0 Å². The molecule has 0 radical (unpaired) electrons. The monoisotopic (exact) mass is 292 g/mol. The van der Waals surface area contributed by atoms with E-state index in [1.807, 2.05) is 31.3 Å². The second kappa shape index (κ2) is 7.26. The van der Waals surface area contributed by atoms with E-state index in [1.165, 1.54) is 0 Å². The number of thiazole rings is 1. The minimum Gasteiger partial charge on any atom is -0.493 e. The van der Waals surface area contributed by atoms with Crippen LogP contribution in [-0.4, -0.2) is 11.6 Å². The molecule has 2 rings (SSSR count). The number of hydrogen-bond acceptors (Lipinski definition) is 5. The third-order valence-corrected chi connectivity index (χ3v) is 3.66. The molecule has 1 heterocycles. The first-order chi connectivity index (χ1) is 9.72. The Hall–Kier alpha value is -1.59. The zero-order valence-corrected chi connectivity index (χ0v) is 12.7. The van der Waals surface area contributed by atoms with Gasteiger partial charge >= 0.3 is 0 Å². The van der Waals surface area contributed by atoms with Crippen molar-refractivity contribution in [3.05, 3.63) is 39.8 Å². The summed E-state index contributed by atoms with van der Waals surface area (Å²) in [5.41, 5.74) is 6.72. The van der Waals surface area contributed by atoms with E-state index in [0.717, 1.165) is 33.4 Å². The molecule has 1 aromatic carbocycles. The largest absolute Gasteiger partial charge is 0.493 e. The minimum absolute atomic E-state index is 0.450. The highest BCUT2D eigenvalue weighted by Crippen LogP contribution is 2.26. The quantitative estimate of drug-likeness (QED) is 0.851. The first kappa shape index (κ1) is 14.8. The molecule has 2 aromatic rings. The minimum atomic E-state index is 0.450. The fraction of sp³-hybridized carbons (Fsp3) is 0.400. The summed E-state index contributed by atoms with van der Waals surface area (Å²) >= 11 is 1.64. The summed E-state index contributed by atoms with van der Waals surface area (Å²) < 4.78 is 11.5. The van der Waals surface area contributed by atoms with Crippen molar-refractivity contribution in [1.82, 2.24) is 4.98 Å². The maximum atomic E-state index is 5.86. The van der Waals surface area contributed by atoms with Crippen LogP contribution in [0.5, 0.6) is 11.5 Å². The predicted molar refractivity (Wildman–Crippen MR) is 81.3 cm³/mol. The van der Waals surface area contributed by atoms with Crippen molar-refractivity contribution in [2.45, 2.75) is 33.4 Å². The average Bonchev–Trinajstić information content (AvgIpc) is 2.88. The molecule has 0 aliphatic heterocycles. The zero-order valence-electron chi connectivity index (χ0n) is 11.9. The molecule has 0 aliphatic rings. The molecule has 0 saturated heterocycles. The molecule has 0 spiro atoms. The van der Waals surface area contributed by atoms with Crippen molar-refractivity contribution in [1.29, 1.82) is 0 Å². The number of nitrogens with two attached hydrogens (primary N) is 1. The maximum Gasteiger partial charge on any atom is 0.128 e. The number of benzene rings is 1. The molecule has 0 fully saturated rings. The van der Waals surface area contributed by atoms with Crippen LogP contribution in [0.4, 0.5) is 0 Å². The first-order valence-electron chi connectivity index (χ1n) is 6.72. The summed E-state index contributed by atoms with van der Waals surface area (Å²) in [7, 11) is 0. The molecular formula is C15H20N2O2S. The van der Waals surface area contributed by atoms with Gasteiger partial charge in [0.25, 0.3) is 0 Å². The lowest BCUT2D eigenvalue weighted by Crippen LogP contribution is -2.03. The van der Waals surface area contributed by atoms with Gasteiger partial charge in [-0.25, -0.2) is 4.98 Å². The number of ether oxygens (including phenoxy) is 2. The number of aryl methyl sites for hydroxylation is 1. The summed E-state index contributed by atoms with van der Waals surface area (Å²) in [5.74, 6) is 1.60. The molecule has 0 atom stereocenters. The van der Waals surface area contributed by atoms with Crippen molar-refractivity contribution in [2.24, 2.45) is 5.73 Å². The lowest BCUT2D eigenvalue weighted by molar-refractivity contribution is 0.294. The summed E-state index contributed by atoms with van der Waals surface area (Å²) in [6, 6.07) is 5.80. The molecule has 0 saturated carbocycles. The van der Waals surface area contributed by atoms with Crippen LogP contribution in [0.25, 0.3) is 0 Å². The number of rotatable bonds is 7. The smallest absolute Gasteiger partial charge is 0.128 e. The van der Waals surface area contributed by atoms with Crippen LogP contribution in [0.2, 0.25) is 0 Å². The van der Waals surface area contributed by atoms with Crippen LogP contribution in [0, 0.1) is 6.92 Å². The third kappa shape index (κ3) is 3.95. The Kier molecular flexibility index (Phi) is 5.38. The molecule has 0 bridgehead atoms. The molecule has 4 nitrogen and oxygen atoms in total. The molecule has 2 N–H and O–H groups in total. The highest BCUT2D eigenvalue weighted by atomic mass is 32.1. The van der Waals surface area contributed by atoms with Gasteiger partial charge in [0.2, 0.25) is 0 Å². The van der Waals surface area contributed by atoms with E-state index in [1.54, 1.807) is 11.3 Å². The maximum absolute atomic E-state index is 5.86. The van der Waals surface area contributed by atoms with Crippen molar-refractivity contribution in [3.63, 3.8) is 0 Å². The summed E-state index contributed by atoms with van der Waals surface area (Å²) in [5, 5.41) is 1.04. The van der Waals surface area contributed by atoms with E-state index in [2.05, 4.69) is 11.9 Å². The summed E-state index contributed by atoms with van der Waals surface area (Å²) in [6.07, 6.45) is 2.83. The SMILES string of the molecule is CCCOc1ccc(CN)c(OCc2cnc(C)s2)c1. The van der Waals surface area contributed by atoms with Crippen LogP contribution in [0.3, 0.4) is 0 Å². The Bertz CT molecular complexity index is 555. The van der Waals surface area contributed by atoms with Gasteiger partial charge in [-0.05, 0) is 19.4 Å². The first-order valence-corrected chi connectivity index (χ1v) is 7.54. The van der Waals surface area contributed by atoms with Crippen LogP contribution < -0.4 is 15.2 Å². The van der Waals surface area contributed by atoms with Gasteiger partial charge in [0.15, 0.2) is 0 Å². The number of nitrogens with zero attached hydrogens (tertiary/aromatic N) is 1. The Morgan fingerprint density at radius 2 is 2.15 bits per heavy atom. The molecule has 20 heavy (non-hydrogen) atoms. The molecule has 1 aromatic heterocycles. The van der Waals surface area contributed by atoms with Crippen LogP contribution >= 0.6 is 11.3 Å². The van der Waals surface area contributed by atoms with Gasteiger partial charge in [-0.3, -0.25) is 0 Å². The van der Waals surface area contributed by atoms with Crippen LogP contribution in [-0.2, 0) is 13.2 Å². The molecule has 0 unspecified atom stereocenters. The predicted octanol–water partition coefficient (Wildman–Crippen LogP) is 3.28. The highest BCUT2D eigenvalue weighted by molar-refractivity contribution is 7.11. The molecule has 0 amide bonds. The van der Waals surface area contributed by atoms with E-state index in [9.17, 15) is 0 Å². The second-order valence-corrected chi connectivity index (χ2v) is 5.78. The lowest BCUT2D eigenvalue weighted by Gasteiger charge is -2.12. The van der Waals surface area contributed by atoms with E-state index in [0.29, 0.717) is 19.8 Å². The van der Waals surface area contributed by atoms with Gasteiger partial charge in [0.1, 0.15) is 18.1 Å². The van der Waals surface area contributed by atoms with Crippen LogP contribution in [0.15, 0.2) is 24.4 Å². The van der Waals surface area contributed by atoms with Gasteiger partial charge < -0.3 is 15.2 Å². The Morgan fingerprint density at radius 1 is 1.30 bits per heavy atom. The number of aromatic nitrogens is 1. The number of hydrogen-bond donors (Lipinski definition) is 1. The lowest BCUT2D eigenvalue weighted by atomic mass is 10.2. The standard InChI is InChI=1S/C15H20N2O2S/c1-3-6-18-13-5-4-12(8-16)15(7-13)19-10-14-9-17-11(2)20-14/h4-5,7,9H,3,6,8,10,16H2,1-2H3. The van der Waals surface area contributed by atoms with Gasteiger partial charge in [0.05, 0.1) is 16.5 Å². The van der Waals surface area contributed by atoms with Gasteiger partial charge in [-0.2, -0.15) is 0 Å².